The lowest BCUT2D eigenvalue weighted by molar-refractivity contribution is -0.00663. The van der Waals surface area contributed by atoms with E-state index in [1.165, 1.54) is 32.5 Å². The highest BCUT2D eigenvalue weighted by Gasteiger charge is 2.39. The second-order valence-electron chi connectivity index (χ2n) is 7.55. The van der Waals surface area contributed by atoms with Crippen molar-refractivity contribution in [2.24, 2.45) is 11.8 Å². The Labute approximate surface area is 167 Å². The number of piperidine rings is 3. The van der Waals surface area contributed by atoms with Gasteiger partial charge in [-0.25, -0.2) is 0 Å². The molecule has 4 rings (SSSR count). The molecule has 0 amide bonds. The van der Waals surface area contributed by atoms with Gasteiger partial charge in [0.25, 0.3) is 0 Å². The summed E-state index contributed by atoms with van der Waals surface area (Å²) in [6.07, 6.45) is 4.58. The SMILES string of the molecule is C=CCN(C)CC1CN2CCC1CC2CNC(=S)Nc1cccc(Cl)c1. The summed E-state index contributed by atoms with van der Waals surface area (Å²) in [5.41, 5.74) is 0.922. The van der Waals surface area contributed by atoms with E-state index < -0.39 is 0 Å². The highest BCUT2D eigenvalue weighted by atomic mass is 35.5. The Hall–Kier alpha value is -1.14. The Balaban J connectivity index is 1.45. The van der Waals surface area contributed by atoms with Crippen LogP contribution in [0.4, 0.5) is 5.69 Å². The van der Waals surface area contributed by atoms with Crippen molar-refractivity contribution in [3.05, 3.63) is 41.9 Å². The van der Waals surface area contributed by atoms with Crippen LogP contribution in [0.25, 0.3) is 0 Å². The van der Waals surface area contributed by atoms with Crippen LogP contribution in [0.5, 0.6) is 0 Å². The Kier molecular flexibility index (Phi) is 6.92. The van der Waals surface area contributed by atoms with Gasteiger partial charge in [0.15, 0.2) is 5.11 Å². The molecule has 3 aliphatic heterocycles. The summed E-state index contributed by atoms with van der Waals surface area (Å²) in [6.45, 7) is 9.30. The molecule has 3 heterocycles. The number of benzene rings is 1. The van der Waals surface area contributed by atoms with Crippen LogP contribution in [-0.2, 0) is 0 Å². The predicted octanol–water partition coefficient (Wildman–Crippen LogP) is 3.45. The quantitative estimate of drug-likeness (QED) is 0.548. The number of thiocarbonyl (C=S) groups is 1. The summed E-state index contributed by atoms with van der Waals surface area (Å²) in [6, 6.07) is 8.21. The van der Waals surface area contributed by atoms with E-state index in [1.54, 1.807) is 0 Å². The minimum Gasteiger partial charge on any atom is -0.361 e. The van der Waals surface area contributed by atoms with E-state index >= 15 is 0 Å². The molecule has 26 heavy (non-hydrogen) atoms. The average Bonchev–Trinajstić information content (AvgIpc) is 2.61. The second-order valence-corrected chi connectivity index (χ2v) is 8.39. The molecule has 1 aromatic rings. The first kappa shape index (κ1) is 19.6. The molecule has 1 aromatic carbocycles. The van der Waals surface area contributed by atoms with E-state index in [1.807, 2.05) is 30.3 Å². The van der Waals surface area contributed by atoms with Gasteiger partial charge >= 0.3 is 0 Å². The van der Waals surface area contributed by atoms with Crippen LogP contribution in [0.3, 0.4) is 0 Å². The molecule has 2 bridgehead atoms. The van der Waals surface area contributed by atoms with Crippen molar-refractivity contribution in [3.8, 4) is 0 Å². The largest absolute Gasteiger partial charge is 0.361 e. The van der Waals surface area contributed by atoms with Crippen LogP contribution in [-0.4, -0.2) is 60.7 Å². The molecule has 0 saturated carbocycles. The van der Waals surface area contributed by atoms with Gasteiger partial charge in [-0.1, -0.05) is 23.7 Å². The average molecular weight is 393 g/mol. The number of nitrogens with one attached hydrogen (secondary N) is 2. The third-order valence-electron chi connectivity index (χ3n) is 5.58. The number of halogens is 1. The Bertz CT molecular complexity index is 638. The molecule has 0 aromatic heterocycles. The Morgan fingerprint density at radius 3 is 3.04 bits per heavy atom. The molecule has 4 unspecified atom stereocenters. The fourth-order valence-electron chi connectivity index (χ4n) is 4.32. The summed E-state index contributed by atoms with van der Waals surface area (Å²) >= 11 is 11.5. The zero-order valence-electron chi connectivity index (χ0n) is 15.5. The number of rotatable bonds is 7. The van der Waals surface area contributed by atoms with E-state index in [0.717, 1.165) is 30.6 Å². The van der Waals surface area contributed by atoms with E-state index in [9.17, 15) is 0 Å². The molecule has 3 saturated heterocycles. The first-order chi connectivity index (χ1) is 12.5. The molecule has 0 spiro atoms. The van der Waals surface area contributed by atoms with E-state index in [0.29, 0.717) is 16.2 Å². The molecule has 2 N–H and O–H groups in total. The molecule has 6 heteroatoms. The second kappa shape index (κ2) is 9.18. The maximum Gasteiger partial charge on any atom is 0.170 e. The summed E-state index contributed by atoms with van der Waals surface area (Å²) in [7, 11) is 2.19. The number of hydrogen-bond acceptors (Lipinski definition) is 3. The topological polar surface area (TPSA) is 30.5 Å². The zero-order chi connectivity index (χ0) is 18.5. The normalized spacial score (nSPS) is 27.3. The summed E-state index contributed by atoms with van der Waals surface area (Å²) < 4.78 is 0. The maximum atomic E-state index is 6.02. The highest BCUT2D eigenvalue weighted by molar-refractivity contribution is 7.80. The first-order valence-electron chi connectivity index (χ1n) is 9.39. The minimum atomic E-state index is 0.578. The first-order valence-corrected chi connectivity index (χ1v) is 10.2. The van der Waals surface area contributed by atoms with Gasteiger partial charge in [-0.05, 0) is 68.7 Å². The lowest BCUT2D eigenvalue weighted by Gasteiger charge is -2.50. The van der Waals surface area contributed by atoms with Crippen molar-refractivity contribution in [1.82, 2.24) is 15.1 Å². The lowest BCUT2D eigenvalue weighted by atomic mass is 9.75. The Morgan fingerprint density at radius 1 is 1.50 bits per heavy atom. The third-order valence-corrected chi connectivity index (χ3v) is 6.06. The molecule has 142 valence electrons. The summed E-state index contributed by atoms with van der Waals surface area (Å²) in [4.78, 5) is 5.03. The van der Waals surface area contributed by atoms with Gasteiger partial charge in [-0.15, -0.1) is 6.58 Å². The van der Waals surface area contributed by atoms with Crippen molar-refractivity contribution < 1.29 is 0 Å². The molecule has 3 fully saturated rings. The Morgan fingerprint density at radius 2 is 2.35 bits per heavy atom. The van der Waals surface area contributed by atoms with Crippen molar-refractivity contribution in [1.29, 1.82) is 0 Å². The molecular weight excluding hydrogens is 364 g/mol. The van der Waals surface area contributed by atoms with Crippen LogP contribution in [0.2, 0.25) is 5.02 Å². The lowest BCUT2D eigenvalue weighted by Crippen LogP contribution is -2.58. The highest BCUT2D eigenvalue weighted by Crippen LogP contribution is 2.36. The van der Waals surface area contributed by atoms with Crippen LogP contribution in [0, 0.1) is 11.8 Å². The van der Waals surface area contributed by atoms with Gasteiger partial charge in [-0.3, -0.25) is 4.90 Å². The molecular formula is C20H29ClN4S. The molecule has 4 nitrogen and oxygen atoms in total. The van der Waals surface area contributed by atoms with Gasteiger partial charge in [-0.2, -0.15) is 0 Å². The van der Waals surface area contributed by atoms with Gasteiger partial charge in [0, 0.05) is 42.9 Å². The number of anilines is 1. The summed E-state index contributed by atoms with van der Waals surface area (Å²) in [5.74, 6) is 1.61. The number of nitrogens with zero attached hydrogens (tertiary/aromatic N) is 2. The van der Waals surface area contributed by atoms with Crippen LogP contribution >= 0.6 is 23.8 Å². The smallest absolute Gasteiger partial charge is 0.170 e. The van der Waals surface area contributed by atoms with E-state index in [2.05, 4.69) is 34.1 Å². The van der Waals surface area contributed by atoms with E-state index in [4.69, 9.17) is 23.8 Å². The fraction of sp³-hybridized carbons (Fsp3) is 0.550. The van der Waals surface area contributed by atoms with Crippen molar-refractivity contribution in [2.45, 2.75) is 18.9 Å². The van der Waals surface area contributed by atoms with Gasteiger partial charge in [0.2, 0.25) is 0 Å². The van der Waals surface area contributed by atoms with Crippen LogP contribution in [0.1, 0.15) is 12.8 Å². The molecule has 4 atom stereocenters. The van der Waals surface area contributed by atoms with Crippen LogP contribution in [0.15, 0.2) is 36.9 Å². The van der Waals surface area contributed by atoms with Crippen molar-refractivity contribution in [3.63, 3.8) is 0 Å². The van der Waals surface area contributed by atoms with E-state index in [-0.39, 0.29) is 0 Å². The number of hydrogen-bond donors (Lipinski definition) is 2. The van der Waals surface area contributed by atoms with Gasteiger partial charge < -0.3 is 15.5 Å². The number of likely N-dealkylation sites (N-methyl/N-ethyl adjacent to an activating group) is 1. The summed E-state index contributed by atoms with van der Waals surface area (Å²) in [5, 5.41) is 7.98. The predicted molar refractivity (Wildman–Crippen MR) is 115 cm³/mol. The molecule has 3 aliphatic rings. The van der Waals surface area contributed by atoms with Crippen LogP contribution < -0.4 is 10.6 Å². The maximum absolute atomic E-state index is 6.02. The fourth-order valence-corrected chi connectivity index (χ4v) is 4.71. The third kappa shape index (κ3) is 5.19. The van der Waals surface area contributed by atoms with Crippen molar-refractivity contribution in [2.75, 3.05) is 45.1 Å². The zero-order valence-corrected chi connectivity index (χ0v) is 17.0. The standard InChI is InChI=1S/C20H29ClN4S/c1-3-8-24(2)13-16-14-25-9-7-15(16)10-19(25)12-22-20(26)23-18-6-4-5-17(21)11-18/h3-6,11,15-16,19H,1,7-10,12-14H2,2H3,(H2,22,23,26). The monoisotopic (exact) mass is 392 g/mol. The molecule has 0 aliphatic carbocycles. The van der Waals surface area contributed by atoms with Gasteiger partial charge in [0.1, 0.15) is 0 Å². The minimum absolute atomic E-state index is 0.578. The van der Waals surface area contributed by atoms with Gasteiger partial charge in [0.05, 0.1) is 0 Å². The van der Waals surface area contributed by atoms with Crippen molar-refractivity contribution >= 4 is 34.6 Å². The molecule has 0 radical (unpaired) electrons. The number of fused-ring (bicyclic) bond motifs is 3.